The van der Waals surface area contributed by atoms with Gasteiger partial charge in [0.1, 0.15) is 6.54 Å². The molecule has 0 saturated heterocycles. The van der Waals surface area contributed by atoms with E-state index in [9.17, 15) is 18.0 Å². The number of amides is 1. The predicted molar refractivity (Wildman–Crippen MR) is 44.6 cm³/mol. The molecule has 1 amide bonds. The summed E-state index contributed by atoms with van der Waals surface area (Å²) in [6.45, 7) is 1.32. The Labute approximate surface area is 80.3 Å². The second kappa shape index (κ2) is 4.66. The van der Waals surface area contributed by atoms with Gasteiger partial charge in [-0.1, -0.05) is 0 Å². The zero-order chi connectivity index (χ0) is 9.99. The monoisotopic (exact) mass is 220 g/mol. The third-order valence-corrected chi connectivity index (χ3v) is 1.03. The van der Waals surface area contributed by atoms with Gasteiger partial charge in [0.2, 0.25) is 5.91 Å². The summed E-state index contributed by atoms with van der Waals surface area (Å²) in [6, 6.07) is 0. The number of alkyl halides is 3. The highest BCUT2D eigenvalue weighted by Gasteiger charge is 2.30. The van der Waals surface area contributed by atoms with Gasteiger partial charge in [0, 0.05) is 0 Å². The lowest BCUT2D eigenvalue weighted by Crippen LogP contribution is -2.51. The number of nitrogens with one attached hydrogen (secondary N) is 1. The van der Waals surface area contributed by atoms with Crippen molar-refractivity contribution in [2.45, 2.75) is 25.6 Å². The lowest BCUT2D eigenvalue weighted by atomic mass is 10.1. The first-order valence-corrected chi connectivity index (χ1v) is 3.27. The molecule has 0 atom stereocenters. The van der Waals surface area contributed by atoms with Crippen molar-refractivity contribution in [2.75, 3.05) is 6.54 Å². The standard InChI is InChI=1S/C6H11F3N2O.ClH/c1-5(2,10)4(12)11-3-6(7,8)9;/h3,10H2,1-2H3,(H,11,12);1H. The van der Waals surface area contributed by atoms with Crippen LogP contribution in [0.2, 0.25) is 0 Å². The Morgan fingerprint density at radius 1 is 1.38 bits per heavy atom. The zero-order valence-electron chi connectivity index (χ0n) is 7.23. The number of hydrogen-bond acceptors (Lipinski definition) is 2. The lowest BCUT2D eigenvalue weighted by molar-refractivity contribution is -0.140. The maximum Gasteiger partial charge on any atom is 0.405 e. The Hall–Kier alpha value is -0.490. The van der Waals surface area contributed by atoms with Crippen molar-refractivity contribution in [3.05, 3.63) is 0 Å². The van der Waals surface area contributed by atoms with Crippen LogP contribution in [0.15, 0.2) is 0 Å². The van der Waals surface area contributed by atoms with E-state index in [0.717, 1.165) is 0 Å². The van der Waals surface area contributed by atoms with E-state index in [2.05, 4.69) is 0 Å². The van der Waals surface area contributed by atoms with E-state index in [1.165, 1.54) is 13.8 Å². The van der Waals surface area contributed by atoms with E-state index in [4.69, 9.17) is 5.73 Å². The number of rotatable bonds is 2. The van der Waals surface area contributed by atoms with Crippen molar-refractivity contribution in [3.8, 4) is 0 Å². The molecule has 0 aliphatic rings. The van der Waals surface area contributed by atoms with E-state index in [0.29, 0.717) is 0 Å². The van der Waals surface area contributed by atoms with Crippen LogP contribution in [-0.4, -0.2) is 24.2 Å². The van der Waals surface area contributed by atoms with Crippen LogP contribution >= 0.6 is 12.4 Å². The maximum atomic E-state index is 11.5. The third kappa shape index (κ3) is 7.86. The molecule has 0 aliphatic heterocycles. The second-order valence-corrected chi connectivity index (χ2v) is 3.02. The van der Waals surface area contributed by atoms with Crippen molar-refractivity contribution in [1.29, 1.82) is 0 Å². The molecule has 0 spiro atoms. The molecule has 0 bridgehead atoms. The Morgan fingerprint density at radius 2 is 1.77 bits per heavy atom. The molecule has 0 fully saturated rings. The van der Waals surface area contributed by atoms with Gasteiger partial charge in [-0.05, 0) is 13.8 Å². The van der Waals surface area contributed by atoms with Gasteiger partial charge in [0.05, 0.1) is 5.54 Å². The molecule has 0 rings (SSSR count). The van der Waals surface area contributed by atoms with E-state index in [1.807, 2.05) is 0 Å². The summed E-state index contributed by atoms with van der Waals surface area (Å²) in [5.41, 5.74) is 3.96. The largest absolute Gasteiger partial charge is 0.405 e. The number of hydrogen-bond donors (Lipinski definition) is 2. The van der Waals surface area contributed by atoms with Crippen molar-refractivity contribution in [2.24, 2.45) is 5.73 Å². The van der Waals surface area contributed by atoms with Crippen LogP contribution in [0.4, 0.5) is 13.2 Å². The van der Waals surface area contributed by atoms with Gasteiger partial charge < -0.3 is 11.1 Å². The summed E-state index contributed by atoms with van der Waals surface area (Å²) in [5, 5.41) is 1.67. The van der Waals surface area contributed by atoms with Gasteiger partial charge in [-0.2, -0.15) is 13.2 Å². The van der Waals surface area contributed by atoms with Gasteiger partial charge in [-0.25, -0.2) is 0 Å². The van der Waals surface area contributed by atoms with Gasteiger partial charge >= 0.3 is 6.18 Å². The summed E-state index contributed by atoms with van der Waals surface area (Å²) in [4.78, 5) is 10.8. The number of halogens is 4. The molecule has 13 heavy (non-hydrogen) atoms. The number of nitrogens with two attached hydrogens (primary N) is 1. The van der Waals surface area contributed by atoms with Gasteiger partial charge in [0.25, 0.3) is 0 Å². The molecular formula is C6H12ClF3N2O. The van der Waals surface area contributed by atoms with E-state index >= 15 is 0 Å². The quantitative estimate of drug-likeness (QED) is 0.724. The minimum atomic E-state index is -4.39. The van der Waals surface area contributed by atoms with Crippen molar-refractivity contribution in [1.82, 2.24) is 5.32 Å². The molecular weight excluding hydrogens is 209 g/mol. The van der Waals surface area contributed by atoms with E-state index in [-0.39, 0.29) is 12.4 Å². The average molecular weight is 221 g/mol. The molecule has 0 saturated carbocycles. The number of carbonyl (C=O) groups is 1. The molecule has 0 unspecified atom stereocenters. The highest BCUT2D eigenvalue weighted by molar-refractivity contribution is 5.85. The summed E-state index contributed by atoms with van der Waals surface area (Å²) in [7, 11) is 0. The van der Waals surface area contributed by atoms with E-state index in [1.54, 1.807) is 5.32 Å². The van der Waals surface area contributed by atoms with Crippen LogP contribution in [0.3, 0.4) is 0 Å². The molecule has 80 valence electrons. The molecule has 3 N–H and O–H groups in total. The van der Waals surface area contributed by atoms with Crippen LogP contribution in [0, 0.1) is 0 Å². The molecule has 7 heteroatoms. The number of carbonyl (C=O) groups excluding carboxylic acids is 1. The molecule has 0 aromatic rings. The fraction of sp³-hybridized carbons (Fsp3) is 0.833. The van der Waals surface area contributed by atoms with Gasteiger partial charge in [-0.3, -0.25) is 4.79 Å². The average Bonchev–Trinajstić information content (AvgIpc) is 1.78. The van der Waals surface area contributed by atoms with Crippen molar-refractivity contribution >= 4 is 18.3 Å². The minimum Gasteiger partial charge on any atom is -0.345 e. The normalized spacial score (nSPS) is 11.8. The summed E-state index contributed by atoms with van der Waals surface area (Å²) < 4.78 is 34.6. The smallest absolute Gasteiger partial charge is 0.345 e. The van der Waals surface area contributed by atoms with Crippen LogP contribution in [0.25, 0.3) is 0 Å². The van der Waals surface area contributed by atoms with E-state index < -0.39 is 24.2 Å². The molecule has 0 heterocycles. The molecule has 0 radical (unpaired) electrons. The Bertz CT molecular complexity index is 176. The van der Waals surface area contributed by atoms with Crippen molar-refractivity contribution < 1.29 is 18.0 Å². The fourth-order valence-electron chi connectivity index (χ4n) is 0.408. The molecule has 0 aliphatic carbocycles. The minimum absolute atomic E-state index is 0. The first-order valence-electron chi connectivity index (χ1n) is 3.27. The lowest BCUT2D eigenvalue weighted by Gasteiger charge is -2.18. The third-order valence-electron chi connectivity index (χ3n) is 1.03. The topological polar surface area (TPSA) is 55.1 Å². The molecule has 3 nitrogen and oxygen atoms in total. The summed E-state index contributed by atoms with van der Waals surface area (Å²) in [6.07, 6.45) is -4.39. The fourth-order valence-corrected chi connectivity index (χ4v) is 0.408. The van der Waals surface area contributed by atoms with Gasteiger partial charge in [0.15, 0.2) is 0 Å². The van der Waals surface area contributed by atoms with Crippen LogP contribution in [0.5, 0.6) is 0 Å². The second-order valence-electron chi connectivity index (χ2n) is 3.02. The van der Waals surface area contributed by atoms with Crippen LogP contribution in [-0.2, 0) is 4.79 Å². The van der Waals surface area contributed by atoms with Crippen molar-refractivity contribution in [3.63, 3.8) is 0 Å². The Balaban J connectivity index is 0. The van der Waals surface area contributed by atoms with Crippen LogP contribution < -0.4 is 11.1 Å². The SMILES string of the molecule is CC(C)(N)C(=O)NCC(F)(F)F.Cl. The highest BCUT2D eigenvalue weighted by atomic mass is 35.5. The summed E-state index contributed by atoms with van der Waals surface area (Å²) in [5.74, 6) is -0.820. The van der Waals surface area contributed by atoms with Gasteiger partial charge in [-0.15, -0.1) is 12.4 Å². The molecule has 0 aromatic heterocycles. The van der Waals surface area contributed by atoms with Crippen LogP contribution in [0.1, 0.15) is 13.8 Å². The first kappa shape index (κ1) is 15.0. The highest BCUT2D eigenvalue weighted by Crippen LogP contribution is 2.12. The zero-order valence-corrected chi connectivity index (χ0v) is 8.05. The first-order chi connectivity index (χ1) is 5.13. The Kier molecular flexibility index (Phi) is 5.38. The maximum absolute atomic E-state index is 11.5. The summed E-state index contributed by atoms with van der Waals surface area (Å²) >= 11 is 0. The predicted octanol–water partition coefficient (Wildman–Crippen LogP) is 0.824. The molecule has 0 aromatic carbocycles. The Morgan fingerprint density at radius 3 is 2.00 bits per heavy atom.